The maximum atomic E-state index is 13.1. The predicted molar refractivity (Wildman–Crippen MR) is 107 cm³/mol. The van der Waals surface area contributed by atoms with Crippen LogP contribution >= 0.6 is 23.4 Å². The van der Waals surface area contributed by atoms with Gasteiger partial charge in [-0.2, -0.15) is 0 Å². The fourth-order valence-corrected chi connectivity index (χ4v) is 3.54. The maximum Gasteiger partial charge on any atom is 0.277 e. The van der Waals surface area contributed by atoms with Crippen LogP contribution in [0.3, 0.4) is 0 Å². The number of carbonyl (C=O) groups excluding carboxylic acids is 1. The molecule has 0 saturated heterocycles. The van der Waals surface area contributed by atoms with E-state index in [0.717, 1.165) is 34.3 Å². The average Bonchev–Trinajstić information content (AvgIpc) is 3.30. The summed E-state index contributed by atoms with van der Waals surface area (Å²) in [5, 5.41) is 11.6. The summed E-state index contributed by atoms with van der Waals surface area (Å²) in [6, 6.07) is 11.6. The molecule has 0 bridgehead atoms. The Balaban J connectivity index is 1.46. The second kappa shape index (κ2) is 7.65. The molecule has 0 radical (unpaired) electrons. The van der Waals surface area contributed by atoms with E-state index < -0.39 is 11.1 Å². The molecule has 0 aliphatic carbocycles. The van der Waals surface area contributed by atoms with E-state index in [1.807, 2.05) is 24.3 Å². The van der Waals surface area contributed by atoms with Crippen molar-refractivity contribution in [3.8, 4) is 11.5 Å². The number of amides is 1. The number of hydrogen-bond acceptors (Lipinski definition) is 5. The first-order valence-corrected chi connectivity index (χ1v) is 9.59. The van der Waals surface area contributed by atoms with Gasteiger partial charge in [0.2, 0.25) is 5.91 Å². The molecule has 9 heteroatoms. The molecular formula is C19H14ClFN4O2S. The molecule has 28 heavy (non-hydrogen) atoms. The topological polar surface area (TPSA) is 83.8 Å². The minimum Gasteiger partial charge on any atom is -0.411 e. The van der Waals surface area contributed by atoms with Gasteiger partial charge in [0.25, 0.3) is 11.1 Å². The van der Waals surface area contributed by atoms with E-state index in [2.05, 4.69) is 20.5 Å². The van der Waals surface area contributed by atoms with Gasteiger partial charge in [0.05, 0.1) is 21.5 Å². The van der Waals surface area contributed by atoms with Crippen LogP contribution in [-0.2, 0) is 4.79 Å². The minimum atomic E-state index is -0.530. The molecule has 1 atom stereocenters. The lowest BCUT2D eigenvalue weighted by Crippen LogP contribution is -2.22. The normalized spacial score (nSPS) is 12.2. The van der Waals surface area contributed by atoms with Gasteiger partial charge >= 0.3 is 0 Å². The van der Waals surface area contributed by atoms with Gasteiger partial charge in [0, 0.05) is 17.1 Å². The zero-order valence-corrected chi connectivity index (χ0v) is 16.1. The summed E-state index contributed by atoms with van der Waals surface area (Å²) in [5.41, 5.74) is 2.10. The summed E-state index contributed by atoms with van der Waals surface area (Å²) in [6.45, 7) is 1.70. The molecule has 1 amide bonds. The molecule has 4 aromatic rings. The monoisotopic (exact) mass is 416 g/mol. The van der Waals surface area contributed by atoms with Gasteiger partial charge in [-0.25, -0.2) is 4.39 Å². The number of carbonyl (C=O) groups is 1. The van der Waals surface area contributed by atoms with Crippen molar-refractivity contribution in [1.29, 1.82) is 0 Å². The van der Waals surface area contributed by atoms with E-state index in [1.165, 1.54) is 12.1 Å². The number of benzene rings is 2. The molecule has 2 heterocycles. The Morgan fingerprint density at radius 1 is 1.29 bits per heavy atom. The molecule has 0 aliphatic heterocycles. The number of thioether (sulfide) groups is 1. The lowest BCUT2D eigenvalue weighted by molar-refractivity contribution is -0.115. The standard InChI is InChI=1S/C19H14ClFN4O2S/c1-10(17(26)23-16-7-6-11(21)8-14(16)20)28-19-25-24-18(27-19)13-9-22-15-5-3-2-4-12(13)15/h2-10,22H,1H3,(H,23,26)/t10-/m1/s1. The van der Waals surface area contributed by atoms with Crippen molar-refractivity contribution in [2.45, 2.75) is 17.4 Å². The molecular weight excluding hydrogens is 403 g/mol. The van der Waals surface area contributed by atoms with Crippen LogP contribution in [0.4, 0.5) is 10.1 Å². The molecule has 6 nitrogen and oxygen atoms in total. The Hall–Kier alpha value is -2.84. The summed E-state index contributed by atoms with van der Waals surface area (Å²) in [6.07, 6.45) is 1.80. The largest absolute Gasteiger partial charge is 0.411 e. The molecule has 2 N–H and O–H groups in total. The van der Waals surface area contributed by atoms with Gasteiger partial charge in [0.15, 0.2) is 0 Å². The van der Waals surface area contributed by atoms with Crippen LogP contribution < -0.4 is 5.32 Å². The summed E-state index contributed by atoms with van der Waals surface area (Å²) in [7, 11) is 0. The van der Waals surface area contributed by atoms with Crippen LogP contribution in [0.25, 0.3) is 22.4 Å². The van der Waals surface area contributed by atoms with Crippen molar-refractivity contribution in [3.63, 3.8) is 0 Å². The zero-order chi connectivity index (χ0) is 19.7. The Morgan fingerprint density at radius 2 is 2.11 bits per heavy atom. The molecule has 0 saturated carbocycles. The number of aromatic amines is 1. The van der Waals surface area contributed by atoms with Crippen LogP contribution in [0.1, 0.15) is 6.92 Å². The maximum absolute atomic E-state index is 13.1. The van der Waals surface area contributed by atoms with Crippen molar-refractivity contribution < 1.29 is 13.6 Å². The van der Waals surface area contributed by atoms with Gasteiger partial charge in [-0.15, -0.1) is 10.2 Å². The number of rotatable bonds is 5. The first-order valence-electron chi connectivity index (χ1n) is 8.34. The highest BCUT2D eigenvalue weighted by atomic mass is 35.5. The quantitative estimate of drug-likeness (QED) is 0.440. The summed E-state index contributed by atoms with van der Waals surface area (Å²) >= 11 is 7.06. The molecule has 0 fully saturated rings. The third-order valence-corrected chi connectivity index (χ3v) is 5.31. The highest BCUT2D eigenvalue weighted by Crippen LogP contribution is 2.31. The summed E-state index contributed by atoms with van der Waals surface area (Å²) in [4.78, 5) is 15.5. The van der Waals surface area contributed by atoms with E-state index in [0.29, 0.717) is 11.6 Å². The Labute approximate surface area is 168 Å². The fourth-order valence-electron chi connectivity index (χ4n) is 2.64. The molecule has 0 spiro atoms. The second-order valence-corrected chi connectivity index (χ2v) is 7.69. The van der Waals surface area contributed by atoms with Crippen LogP contribution in [0.15, 0.2) is 58.3 Å². The Kier molecular flexibility index (Phi) is 5.06. The number of nitrogens with zero attached hydrogens (tertiary/aromatic N) is 2. The molecule has 142 valence electrons. The van der Waals surface area contributed by atoms with Crippen molar-refractivity contribution in [3.05, 3.63) is 59.5 Å². The smallest absolute Gasteiger partial charge is 0.277 e. The van der Waals surface area contributed by atoms with E-state index in [9.17, 15) is 9.18 Å². The average molecular weight is 417 g/mol. The second-order valence-electron chi connectivity index (χ2n) is 5.99. The van der Waals surface area contributed by atoms with Gasteiger partial charge in [0.1, 0.15) is 5.82 Å². The number of aromatic nitrogens is 3. The van der Waals surface area contributed by atoms with Crippen LogP contribution in [0, 0.1) is 5.82 Å². The number of anilines is 1. The number of nitrogens with one attached hydrogen (secondary N) is 2. The molecule has 0 aliphatic rings. The summed E-state index contributed by atoms with van der Waals surface area (Å²) < 4.78 is 18.8. The molecule has 0 unspecified atom stereocenters. The van der Waals surface area contributed by atoms with Crippen molar-refractivity contribution in [1.82, 2.24) is 15.2 Å². The van der Waals surface area contributed by atoms with Crippen molar-refractivity contribution >= 4 is 45.9 Å². The number of fused-ring (bicyclic) bond motifs is 1. The number of hydrogen-bond donors (Lipinski definition) is 2. The summed E-state index contributed by atoms with van der Waals surface area (Å²) in [5.74, 6) is -0.416. The zero-order valence-electron chi connectivity index (χ0n) is 14.6. The molecule has 4 rings (SSSR count). The van der Waals surface area contributed by atoms with E-state index in [4.69, 9.17) is 16.0 Å². The van der Waals surface area contributed by atoms with Gasteiger partial charge < -0.3 is 14.7 Å². The van der Waals surface area contributed by atoms with Crippen molar-refractivity contribution in [2.24, 2.45) is 0 Å². The van der Waals surface area contributed by atoms with Crippen LogP contribution in [0.2, 0.25) is 5.02 Å². The van der Waals surface area contributed by atoms with E-state index >= 15 is 0 Å². The van der Waals surface area contributed by atoms with E-state index in [-0.39, 0.29) is 16.2 Å². The fraction of sp³-hybridized carbons (Fsp3) is 0.105. The van der Waals surface area contributed by atoms with Gasteiger partial charge in [-0.05, 0) is 31.2 Å². The highest BCUT2D eigenvalue weighted by molar-refractivity contribution is 8.00. The lowest BCUT2D eigenvalue weighted by atomic mass is 10.2. The van der Waals surface area contributed by atoms with Crippen LogP contribution in [0.5, 0.6) is 0 Å². The van der Waals surface area contributed by atoms with Gasteiger partial charge in [-0.1, -0.05) is 41.6 Å². The number of halogens is 2. The predicted octanol–water partition coefficient (Wildman–Crippen LogP) is 5.13. The molecule has 2 aromatic heterocycles. The highest BCUT2D eigenvalue weighted by Gasteiger charge is 2.20. The third-order valence-electron chi connectivity index (χ3n) is 4.06. The number of H-pyrrole nitrogens is 1. The first kappa shape index (κ1) is 18.5. The van der Waals surface area contributed by atoms with E-state index in [1.54, 1.807) is 13.1 Å². The minimum absolute atomic E-state index is 0.130. The van der Waals surface area contributed by atoms with Crippen LogP contribution in [-0.4, -0.2) is 26.3 Å². The Morgan fingerprint density at radius 3 is 2.93 bits per heavy atom. The van der Waals surface area contributed by atoms with Crippen molar-refractivity contribution in [2.75, 3.05) is 5.32 Å². The third kappa shape index (κ3) is 3.74. The molecule has 2 aromatic carbocycles. The SMILES string of the molecule is C[C@@H](Sc1nnc(-c2c[nH]c3ccccc23)o1)C(=O)Nc1ccc(F)cc1Cl. The lowest BCUT2D eigenvalue weighted by Gasteiger charge is -2.11. The van der Waals surface area contributed by atoms with Gasteiger partial charge in [-0.3, -0.25) is 4.79 Å². The first-order chi connectivity index (χ1) is 13.5. The Bertz CT molecular complexity index is 1160. The number of para-hydroxylation sites is 1.